The summed E-state index contributed by atoms with van der Waals surface area (Å²) in [4.78, 5) is 0. The number of rotatable bonds is 13. The summed E-state index contributed by atoms with van der Waals surface area (Å²) in [6, 6.07) is 15.9. The first-order chi connectivity index (χ1) is 17.9. The van der Waals surface area contributed by atoms with Crippen molar-refractivity contribution < 1.29 is 36.9 Å². The highest BCUT2D eigenvalue weighted by Crippen LogP contribution is 2.33. The molecule has 0 saturated heterocycles. The molecule has 2 unspecified atom stereocenters. The number of phenolic OH excluding ortho intramolecular Hbond substituents is 1. The number of nitrogens with one attached hydrogen (secondary N) is 2. The van der Waals surface area contributed by atoms with Gasteiger partial charge in [-0.15, -0.1) is 0 Å². The second kappa shape index (κ2) is 13.1. The smallest absolute Gasteiger partial charge is 0.387 e. The van der Waals surface area contributed by atoms with Gasteiger partial charge in [0.15, 0.2) is 11.5 Å². The Morgan fingerprint density at radius 3 is 2.39 bits per heavy atom. The second-order valence-electron chi connectivity index (χ2n) is 8.67. The lowest BCUT2D eigenvalue weighted by molar-refractivity contribution is -0.0512. The highest BCUT2D eigenvalue weighted by atomic mass is 35.5. The Morgan fingerprint density at radius 2 is 1.74 bits per heavy atom. The van der Waals surface area contributed by atoms with Crippen LogP contribution in [0.4, 0.5) is 14.5 Å². The lowest BCUT2D eigenvalue weighted by Gasteiger charge is -2.23. The molecule has 38 heavy (non-hydrogen) atoms. The molecule has 12 heteroatoms. The second-order valence-corrected chi connectivity index (χ2v) is 10.9. The van der Waals surface area contributed by atoms with Gasteiger partial charge in [0, 0.05) is 17.6 Å². The van der Waals surface area contributed by atoms with E-state index in [1.165, 1.54) is 31.4 Å². The molecule has 3 aromatic carbocycles. The SMILES string of the molecule is COc1ccc(C(Cc2cccc(Cl)c2)NCC(O)Cc2ccc(O)c(NS(C)(=O)=O)c2)cc1OC(F)F. The maximum atomic E-state index is 13.0. The van der Waals surface area contributed by atoms with Crippen LogP contribution < -0.4 is 19.5 Å². The van der Waals surface area contributed by atoms with Crippen LogP contribution in [-0.2, 0) is 22.9 Å². The van der Waals surface area contributed by atoms with Crippen LogP contribution in [0.2, 0.25) is 5.02 Å². The van der Waals surface area contributed by atoms with Crippen LogP contribution >= 0.6 is 11.6 Å². The molecule has 0 amide bonds. The third-order valence-electron chi connectivity index (χ3n) is 5.56. The third kappa shape index (κ3) is 9.02. The molecule has 4 N–H and O–H groups in total. The summed E-state index contributed by atoms with van der Waals surface area (Å²) in [6.45, 7) is -2.93. The van der Waals surface area contributed by atoms with Crippen molar-refractivity contribution in [1.29, 1.82) is 0 Å². The molecule has 2 atom stereocenters. The number of sulfonamides is 1. The number of hydrogen-bond acceptors (Lipinski definition) is 7. The third-order valence-corrected chi connectivity index (χ3v) is 6.39. The number of aliphatic hydroxyl groups excluding tert-OH is 1. The summed E-state index contributed by atoms with van der Waals surface area (Å²) < 4.78 is 61.0. The van der Waals surface area contributed by atoms with E-state index in [0.717, 1.165) is 11.8 Å². The van der Waals surface area contributed by atoms with Crippen molar-refractivity contribution in [2.45, 2.75) is 31.6 Å². The van der Waals surface area contributed by atoms with Gasteiger partial charge in [0.05, 0.1) is 25.2 Å². The number of phenols is 1. The van der Waals surface area contributed by atoms with E-state index >= 15 is 0 Å². The standard InChI is InChI=1S/C26H29ClF2N2O6S/c1-36-24-9-7-18(14-25(24)37-26(28)29)21(12-16-4-3-5-19(27)10-16)30-15-20(32)11-17-6-8-23(33)22(13-17)31-38(2,34)35/h3-10,13-14,20-21,26,30-33H,11-12,15H2,1-2H3. The first-order valence-corrected chi connectivity index (χ1v) is 13.8. The largest absolute Gasteiger partial charge is 0.506 e. The van der Waals surface area contributed by atoms with Gasteiger partial charge in [0.2, 0.25) is 10.0 Å². The van der Waals surface area contributed by atoms with Gasteiger partial charge in [0.1, 0.15) is 5.75 Å². The minimum absolute atomic E-state index is 0.00813. The van der Waals surface area contributed by atoms with Gasteiger partial charge in [-0.05, 0) is 65.9 Å². The fraction of sp³-hybridized carbons (Fsp3) is 0.308. The van der Waals surface area contributed by atoms with Crippen LogP contribution in [0.15, 0.2) is 60.7 Å². The fourth-order valence-corrected chi connectivity index (χ4v) is 4.70. The van der Waals surface area contributed by atoms with Crippen molar-refractivity contribution in [3.8, 4) is 17.2 Å². The fourth-order valence-electron chi connectivity index (χ4n) is 3.92. The lowest BCUT2D eigenvalue weighted by atomic mass is 9.97. The molecule has 0 saturated carbocycles. The van der Waals surface area contributed by atoms with E-state index < -0.39 is 28.8 Å². The average Bonchev–Trinajstić information content (AvgIpc) is 2.82. The summed E-state index contributed by atoms with van der Waals surface area (Å²) in [5.41, 5.74) is 2.10. The van der Waals surface area contributed by atoms with E-state index in [0.29, 0.717) is 22.6 Å². The number of anilines is 1. The van der Waals surface area contributed by atoms with Crippen LogP contribution in [0.3, 0.4) is 0 Å². The topological polar surface area (TPSA) is 117 Å². The van der Waals surface area contributed by atoms with Crippen molar-refractivity contribution >= 4 is 27.3 Å². The predicted molar refractivity (Wildman–Crippen MR) is 142 cm³/mol. The first kappa shape index (κ1) is 29.4. The van der Waals surface area contributed by atoms with Crippen molar-refractivity contribution in [3.05, 3.63) is 82.4 Å². The molecule has 0 aliphatic rings. The summed E-state index contributed by atoms with van der Waals surface area (Å²) in [6.07, 6.45) is 0.643. The van der Waals surface area contributed by atoms with Crippen molar-refractivity contribution in [1.82, 2.24) is 5.32 Å². The number of halogens is 3. The molecular weight excluding hydrogens is 542 g/mol. The van der Waals surface area contributed by atoms with Gasteiger partial charge >= 0.3 is 6.61 Å². The lowest BCUT2D eigenvalue weighted by Crippen LogP contribution is -2.32. The molecule has 0 radical (unpaired) electrons. The van der Waals surface area contributed by atoms with Crippen molar-refractivity contribution in [2.75, 3.05) is 24.6 Å². The number of aromatic hydroxyl groups is 1. The minimum atomic E-state index is -3.61. The van der Waals surface area contributed by atoms with E-state index in [-0.39, 0.29) is 35.9 Å². The molecule has 0 aliphatic carbocycles. The monoisotopic (exact) mass is 570 g/mol. The van der Waals surface area contributed by atoms with Gasteiger partial charge < -0.3 is 25.0 Å². The van der Waals surface area contributed by atoms with Crippen molar-refractivity contribution in [3.63, 3.8) is 0 Å². The Hall–Kier alpha value is -3.12. The molecule has 0 fully saturated rings. The van der Waals surface area contributed by atoms with E-state index in [2.05, 4.69) is 14.8 Å². The molecule has 206 valence electrons. The summed E-state index contributed by atoms with van der Waals surface area (Å²) in [5.74, 6) is -0.204. The van der Waals surface area contributed by atoms with E-state index in [4.69, 9.17) is 16.3 Å². The van der Waals surface area contributed by atoms with E-state index in [1.807, 2.05) is 6.07 Å². The van der Waals surface area contributed by atoms with Crippen LogP contribution in [0.25, 0.3) is 0 Å². The molecule has 8 nitrogen and oxygen atoms in total. The maximum Gasteiger partial charge on any atom is 0.387 e. The number of alkyl halides is 2. The van der Waals surface area contributed by atoms with Crippen LogP contribution in [-0.4, -0.2) is 51.3 Å². The molecular formula is C26H29ClF2N2O6S. The first-order valence-electron chi connectivity index (χ1n) is 11.5. The molecule has 0 aromatic heterocycles. The Balaban J connectivity index is 1.79. The summed E-state index contributed by atoms with van der Waals surface area (Å²) in [7, 11) is -2.25. The van der Waals surface area contributed by atoms with Crippen LogP contribution in [0.1, 0.15) is 22.7 Å². The number of hydrogen-bond donors (Lipinski definition) is 4. The molecule has 0 heterocycles. The number of aliphatic hydroxyl groups is 1. The Labute approximate surface area is 225 Å². The maximum absolute atomic E-state index is 13.0. The highest BCUT2D eigenvalue weighted by Gasteiger charge is 2.19. The van der Waals surface area contributed by atoms with Gasteiger partial charge in [-0.2, -0.15) is 8.78 Å². The summed E-state index contributed by atoms with van der Waals surface area (Å²) in [5, 5.41) is 24.5. The number of ether oxygens (including phenoxy) is 2. The minimum Gasteiger partial charge on any atom is -0.506 e. The predicted octanol–water partition coefficient (Wildman–Crippen LogP) is 4.50. The van der Waals surface area contributed by atoms with E-state index in [1.54, 1.807) is 30.3 Å². The normalized spacial score (nSPS) is 13.2. The molecule has 0 spiro atoms. The number of benzene rings is 3. The highest BCUT2D eigenvalue weighted by molar-refractivity contribution is 7.92. The zero-order valence-corrected chi connectivity index (χ0v) is 22.3. The van der Waals surface area contributed by atoms with E-state index in [9.17, 15) is 27.4 Å². The Kier molecular flexibility index (Phi) is 10.1. The number of methoxy groups -OCH3 is 1. The Bertz CT molecular complexity index is 1340. The molecule has 3 rings (SSSR count). The van der Waals surface area contributed by atoms with Gasteiger partial charge in [-0.1, -0.05) is 35.9 Å². The summed E-state index contributed by atoms with van der Waals surface area (Å²) >= 11 is 6.14. The van der Waals surface area contributed by atoms with Crippen LogP contribution in [0.5, 0.6) is 17.2 Å². The van der Waals surface area contributed by atoms with Gasteiger partial charge in [-0.25, -0.2) is 8.42 Å². The molecule has 0 aliphatic heterocycles. The zero-order chi connectivity index (χ0) is 27.9. The van der Waals surface area contributed by atoms with Crippen molar-refractivity contribution in [2.24, 2.45) is 0 Å². The van der Waals surface area contributed by atoms with Crippen LogP contribution in [0, 0.1) is 0 Å². The quantitative estimate of drug-likeness (QED) is 0.223. The molecule has 3 aromatic rings. The van der Waals surface area contributed by atoms with Gasteiger partial charge in [0.25, 0.3) is 0 Å². The Morgan fingerprint density at radius 1 is 1.00 bits per heavy atom. The molecule has 0 bridgehead atoms. The average molecular weight is 571 g/mol. The van der Waals surface area contributed by atoms with Gasteiger partial charge in [-0.3, -0.25) is 4.72 Å². The zero-order valence-electron chi connectivity index (χ0n) is 20.7.